The molecule has 2 aliphatic heterocycles. The highest BCUT2D eigenvalue weighted by Gasteiger charge is 2.25. The van der Waals surface area contributed by atoms with E-state index in [4.69, 9.17) is 14.2 Å². The Morgan fingerprint density at radius 1 is 1.09 bits per heavy atom. The van der Waals surface area contributed by atoms with E-state index in [9.17, 15) is 17.6 Å². The molecule has 0 aliphatic carbocycles. The van der Waals surface area contributed by atoms with E-state index < -0.39 is 27.3 Å². The number of fused-ring (bicyclic) bond motifs is 1. The molecule has 2 aliphatic rings. The topological polar surface area (TPSA) is 122 Å². The summed E-state index contributed by atoms with van der Waals surface area (Å²) in [6.45, 7) is 4.18. The van der Waals surface area contributed by atoms with Crippen LogP contribution in [0.4, 0.5) is 4.39 Å². The van der Waals surface area contributed by atoms with Gasteiger partial charge in [0.1, 0.15) is 0 Å². The molecule has 12 heteroatoms. The molecule has 4 aromatic rings. The molecule has 44 heavy (non-hydrogen) atoms. The Hall–Kier alpha value is -4.13. The first-order valence-electron chi connectivity index (χ1n) is 14.5. The van der Waals surface area contributed by atoms with Crippen LogP contribution >= 0.6 is 0 Å². The maximum atomic E-state index is 14.9. The zero-order valence-corrected chi connectivity index (χ0v) is 25.1. The van der Waals surface area contributed by atoms with E-state index in [0.29, 0.717) is 35.3 Å². The Morgan fingerprint density at radius 3 is 2.70 bits per heavy atom. The fraction of sp³-hybridized carbons (Fsp3) is 0.344. The van der Waals surface area contributed by atoms with Gasteiger partial charge in [-0.05, 0) is 67.6 Å². The summed E-state index contributed by atoms with van der Waals surface area (Å²) in [7, 11) is -3.94. The second-order valence-corrected chi connectivity index (χ2v) is 13.1. The van der Waals surface area contributed by atoms with Gasteiger partial charge >= 0.3 is 0 Å². The van der Waals surface area contributed by atoms with Gasteiger partial charge in [-0.25, -0.2) is 22.8 Å². The van der Waals surface area contributed by atoms with E-state index in [1.165, 1.54) is 10.8 Å². The first-order chi connectivity index (χ1) is 21.2. The van der Waals surface area contributed by atoms with Crippen molar-refractivity contribution < 1.29 is 27.0 Å². The van der Waals surface area contributed by atoms with Gasteiger partial charge in [-0.3, -0.25) is 4.79 Å². The Bertz CT molecular complexity index is 1810. The first-order valence-corrected chi connectivity index (χ1v) is 16.1. The Balaban J connectivity index is 1.23. The number of aryl methyl sites for hydroxylation is 1. The minimum atomic E-state index is -3.94. The Labute approximate surface area is 254 Å². The highest BCUT2D eigenvalue weighted by Crippen LogP contribution is 2.33. The molecule has 230 valence electrons. The average molecular weight is 621 g/mol. The Kier molecular flexibility index (Phi) is 8.74. The highest BCUT2D eigenvalue weighted by molar-refractivity contribution is 7.91. The fourth-order valence-electron chi connectivity index (χ4n) is 5.40. The lowest BCUT2D eigenvalue weighted by atomic mass is 10.1. The molecule has 2 aromatic heterocycles. The highest BCUT2D eigenvalue weighted by atomic mass is 32.2. The number of ether oxygens (including phenoxy) is 3. The molecular weight excluding hydrogens is 587 g/mol. The number of nitrogens with one attached hydrogen (secondary N) is 1. The normalized spacial score (nSPS) is 16.7. The molecule has 2 aromatic carbocycles. The van der Waals surface area contributed by atoms with Gasteiger partial charge < -0.3 is 24.1 Å². The second kappa shape index (κ2) is 12.8. The van der Waals surface area contributed by atoms with Crippen LogP contribution in [0, 0.1) is 18.7 Å². The van der Waals surface area contributed by atoms with Crippen LogP contribution < -0.4 is 20.3 Å². The lowest BCUT2D eigenvalue weighted by Crippen LogP contribution is -2.23. The molecule has 6 rings (SSSR count). The number of hydrogen-bond acceptors (Lipinski definition) is 9. The molecule has 0 amide bonds. The summed E-state index contributed by atoms with van der Waals surface area (Å²) in [6.07, 6.45) is 2.29. The van der Waals surface area contributed by atoms with Crippen molar-refractivity contribution >= 4 is 9.84 Å². The quantitative estimate of drug-likeness (QED) is 0.248. The van der Waals surface area contributed by atoms with Crippen LogP contribution in [0.2, 0.25) is 0 Å². The van der Waals surface area contributed by atoms with Crippen LogP contribution in [0.5, 0.6) is 11.5 Å². The van der Waals surface area contributed by atoms with Gasteiger partial charge in [0.25, 0.3) is 5.56 Å². The summed E-state index contributed by atoms with van der Waals surface area (Å²) in [5, 5.41) is 2.97. The average Bonchev–Trinajstić information content (AvgIpc) is 3.72. The second-order valence-electron chi connectivity index (χ2n) is 11.1. The van der Waals surface area contributed by atoms with E-state index in [2.05, 4.69) is 15.3 Å². The largest absolute Gasteiger partial charge is 0.454 e. The van der Waals surface area contributed by atoms with Crippen molar-refractivity contribution in [3.63, 3.8) is 0 Å². The van der Waals surface area contributed by atoms with Crippen LogP contribution in [0.15, 0.2) is 76.8 Å². The molecule has 2 atom stereocenters. The van der Waals surface area contributed by atoms with Crippen molar-refractivity contribution in [3.8, 4) is 22.8 Å². The number of hydrogen-bond donors (Lipinski definition) is 1. The van der Waals surface area contributed by atoms with Gasteiger partial charge in [0.15, 0.2) is 17.3 Å². The molecule has 1 saturated heterocycles. The number of sulfone groups is 1. The van der Waals surface area contributed by atoms with Gasteiger partial charge in [-0.15, -0.1) is 0 Å². The minimum absolute atomic E-state index is 0.0627. The molecule has 0 radical (unpaired) electrons. The van der Waals surface area contributed by atoms with Crippen molar-refractivity contribution in [2.75, 3.05) is 32.2 Å². The molecular formula is C32H33FN4O6S. The van der Waals surface area contributed by atoms with Crippen LogP contribution in [0.25, 0.3) is 11.3 Å². The third-order valence-corrected chi connectivity index (χ3v) is 9.27. The van der Waals surface area contributed by atoms with Gasteiger partial charge in [-0.1, -0.05) is 36.4 Å². The number of benzene rings is 2. The number of nitrogens with zero attached hydrogens (tertiary/aromatic N) is 3. The molecule has 4 heterocycles. The fourth-order valence-corrected chi connectivity index (χ4v) is 6.62. The minimum Gasteiger partial charge on any atom is -0.454 e. The maximum absolute atomic E-state index is 14.9. The maximum Gasteiger partial charge on any atom is 0.286 e. The van der Waals surface area contributed by atoms with Crippen molar-refractivity contribution in [2.45, 2.75) is 37.6 Å². The molecule has 1 N–H and O–H groups in total. The van der Waals surface area contributed by atoms with E-state index in [0.717, 1.165) is 31.1 Å². The number of rotatable bonds is 11. The first kappa shape index (κ1) is 29.9. The van der Waals surface area contributed by atoms with E-state index >= 15 is 0 Å². The van der Waals surface area contributed by atoms with E-state index in [1.54, 1.807) is 31.2 Å². The van der Waals surface area contributed by atoms with E-state index in [-0.39, 0.29) is 41.9 Å². The van der Waals surface area contributed by atoms with Crippen LogP contribution in [-0.2, 0) is 21.1 Å². The Morgan fingerprint density at radius 2 is 1.91 bits per heavy atom. The molecule has 2 unspecified atom stereocenters. The summed E-state index contributed by atoms with van der Waals surface area (Å²) < 4.78 is 60.2. The van der Waals surface area contributed by atoms with Crippen molar-refractivity contribution in [1.82, 2.24) is 19.9 Å². The van der Waals surface area contributed by atoms with Gasteiger partial charge in [0, 0.05) is 24.0 Å². The lowest BCUT2D eigenvalue weighted by Gasteiger charge is -2.20. The van der Waals surface area contributed by atoms with Crippen LogP contribution in [-0.4, -0.2) is 55.2 Å². The monoisotopic (exact) mass is 620 g/mol. The predicted molar refractivity (Wildman–Crippen MR) is 161 cm³/mol. The van der Waals surface area contributed by atoms with E-state index in [1.807, 2.05) is 30.3 Å². The molecule has 0 bridgehead atoms. The zero-order chi connectivity index (χ0) is 30.7. The summed E-state index contributed by atoms with van der Waals surface area (Å²) in [5.41, 5.74) is 1.63. The van der Waals surface area contributed by atoms with Crippen molar-refractivity contribution in [2.24, 2.45) is 5.92 Å². The SMILES string of the molecule is Cc1cc(-c2cc(F)c(=O)n(Cc3ccc4c(c3)OCO4)c2)nc(S(=O)(=O)CCC(OCC2CCNC2)c2ccccc2)n1. The van der Waals surface area contributed by atoms with Crippen molar-refractivity contribution in [1.29, 1.82) is 0 Å². The lowest BCUT2D eigenvalue weighted by molar-refractivity contribution is 0.0299. The molecule has 0 saturated carbocycles. The zero-order valence-electron chi connectivity index (χ0n) is 24.2. The van der Waals surface area contributed by atoms with Gasteiger partial charge in [0.05, 0.1) is 30.7 Å². The van der Waals surface area contributed by atoms with Crippen molar-refractivity contribution in [3.05, 3.63) is 99.9 Å². The number of halogens is 1. The smallest absolute Gasteiger partial charge is 0.286 e. The van der Waals surface area contributed by atoms with Crippen LogP contribution in [0.1, 0.15) is 35.8 Å². The number of aromatic nitrogens is 3. The summed E-state index contributed by atoms with van der Waals surface area (Å²) >= 11 is 0. The third-order valence-electron chi connectivity index (χ3n) is 7.76. The number of pyridine rings is 1. The molecule has 0 spiro atoms. The molecule has 10 nitrogen and oxygen atoms in total. The van der Waals surface area contributed by atoms with Gasteiger partial charge in [0.2, 0.25) is 21.8 Å². The summed E-state index contributed by atoms with van der Waals surface area (Å²) in [5.74, 6) is 0.303. The molecule has 1 fully saturated rings. The summed E-state index contributed by atoms with van der Waals surface area (Å²) in [4.78, 5) is 21.2. The summed E-state index contributed by atoms with van der Waals surface area (Å²) in [6, 6.07) is 17.4. The standard InChI is InChI=1S/C32H33FN4O6S/c1-21-13-27(25-15-26(33)31(38)37(18-25)17-22-7-8-29-30(14-22)43-20-42-29)36-32(35-21)44(39,40)12-10-28(24-5-3-2-4-6-24)41-19-23-9-11-34-16-23/h2-8,13-15,18,23,28,34H,9-12,16-17,19-20H2,1H3. The third kappa shape index (κ3) is 6.82. The predicted octanol–water partition coefficient (Wildman–Crippen LogP) is 4.06. The van der Waals surface area contributed by atoms with Gasteiger partial charge in [-0.2, -0.15) is 0 Å². The van der Waals surface area contributed by atoms with Crippen LogP contribution in [0.3, 0.4) is 0 Å².